The normalized spacial score (nSPS) is 31.7. The second-order valence-corrected chi connectivity index (χ2v) is 5.88. The van der Waals surface area contributed by atoms with Crippen LogP contribution in [0.25, 0.3) is 0 Å². The molecular weight excluding hydrogens is 222 g/mol. The maximum Gasteiger partial charge on any atom is 0.0312 e. The smallest absolute Gasteiger partial charge is 0.0312 e. The van der Waals surface area contributed by atoms with Gasteiger partial charge in [-0.25, -0.2) is 0 Å². The number of piperidine rings is 1. The molecule has 0 saturated carbocycles. The van der Waals surface area contributed by atoms with Crippen LogP contribution in [0, 0.1) is 5.92 Å². The lowest BCUT2D eigenvalue weighted by atomic mass is 9.91. The first-order valence-electron chi connectivity index (χ1n) is 7.14. The van der Waals surface area contributed by atoms with E-state index in [0.717, 1.165) is 31.1 Å². The van der Waals surface area contributed by atoms with Gasteiger partial charge < -0.3 is 10.2 Å². The molecule has 2 atom stereocenters. The molecule has 3 heteroatoms. The Labute approximate surface area is 110 Å². The first-order chi connectivity index (χ1) is 8.83. The van der Waals surface area contributed by atoms with Gasteiger partial charge in [0.05, 0.1) is 0 Å². The number of hydrogen-bond acceptors (Lipinski definition) is 3. The van der Waals surface area contributed by atoms with Crippen LogP contribution in [0.2, 0.25) is 0 Å². The van der Waals surface area contributed by atoms with Crippen LogP contribution in [-0.2, 0) is 6.54 Å². The summed E-state index contributed by atoms with van der Waals surface area (Å²) in [6, 6.07) is 5.86. The Morgan fingerprint density at radius 2 is 2.11 bits per heavy atom. The van der Waals surface area contributed by atoms with Crippen molar-refractivity contribution in [2.24, 2.45) is 5.92 Å². The third kappa shape index (κ3) is 2.57. The highest BCUT2D eigenvalue weighted by Crippen LogP contribution is 2.36. The number of aromatic nitrogens is 1. The number of fused-ring (bicyclic) bond motifs is 2. The molecule has 2 saturated heterocycles. The van der Waals surface area contributed by atoms with Crippen molar-refractivity contribution in [1.82, 2.24) is 15.2 Å². The average molecular weight is 245 g/mol. The van der Waals surface area contributed by atoms with E-state index in [1.807, 2.05) is 18.5 Å². The van der Waals surface area contributed by atoms with E-state index >= 15 is 0 Å². The zero-order valence-electron chi connectivity index (χ0n) is 11.2. The van der Waals surface area contributed by atoms with Gasteiger partial charge in [0.25, 0.3) is 0 Å². The molecule has 3 rings (SSSR count). The van der Waals surface area contributed by atoms with Crippen molar-refractivity contribution < 1.29 is 0 Å². The Morgan fingerprint density at radius 1 is 1.33 bits per heavy atom. The van der Waals surface area contributed by atoms with Gasteiger partial charge in [0.2, 0.25) is 0 Å². The van der Waals surface area contributed by atoms with E-state index in [9.17, 15) is 0 Å². The van der Waals surface area contributed by atoms with E-state index in [2.05, 4.69) is 28.3 Å². The molecule has 3 heterocycles. The van der Waals surface area contributed by atoms with E-state index in [1.165, 1.54) is 31.2 Å². The van der Waals surface area contributed by atoms with Gasteiger partial charge in [-0.3, -0.25) is 4.98 Å². The molecule has 0 radical (unpaired) electrons. The SMILES string of the molecule is CN1C2CCC1CC(CNCc1cccnc1)C2. The van der Waals surface area contributed by atoms with Gasteiger partial charge in [-0.2, -0.15) is 0 Å². The molecule has 3 nitrogen and oxygen atoms in total. The minimum atomic E-state index is 0.856. The van der Waals surface area contributed by atoms with Crippen LogP contribution in [0.3, 0.4) is 0 Å². The first kappa shape index (κ1) is 12.1. The van der Waals surface area contributed by atoms with Crippen LogP contribution in [0.15, 0.2) is 24.5 Å². The van der Waals surface area contributed by atoms with Crippen LogP contribution in [0.5, 0.6) is 0 Å². The fourth-order valence-electron chi connectivity index (χ4n) is 3.61. The molecule has 2 fully saturated rings. The molecule has 0 aliphatic carbocycles. The molecule has 0 amide bonds. The van der Waals surface area contributed by atoms with E-state index in [4.69, 9.17) is 0 Å². The predicted octanol–water partition coefficient (Wildman–Crippen LogP) is 2.04. The van der Waals surface area contributed by atoms with Crippen molar-refractivity contribution >= 4 is 0 Å². The minimum absolute atomic E-state index is 0.856. The lowest BCUT2D eigenvalue weighted by Gasteiger charge is -2.36. The Bertz CT molecular complexity index is 365. The third-order valence-electron chi connectivity index (χ3n) is 4.68. The molecule has 1 aromatic rings. The maximum absolute atomic E-state index is 4.15. The number of nitrogens with zero attached hydrogens (tertiary/aromatic N) is 2. The van der Waals surface area contributed by atoms with Gasteiger partial charge in [0.15, 0.2) is 0 Å². The molecule has 1 N–H and O–H groups in total. The van der Waals surface area contributed by atoms with Gasteiger partial charge in [-0.1, -0.05) is 6.07 Å². The summed E-state index contributed by atoms with van der Waals surface area (Å²) in [7, 11) is 2.31. The maximum atomic E-state index is 4.15. The van der Waals surface area contributed by atoms with Crippen LogP contribution in [0.1, 0.15) is 31.2 Å². The molecule has 0 spiro atoms. The zero-order chi connectivity index (χ0) is 12.4. The average Bonchev–Trinajstić information content (AvgIpc) is 2.64. The van der Waals surface area contributed by atoms with E-state index < -0.39 is 0 Å². The summed E-state index contributed by atoms with van der Waals surface area (Å²) in [4.78, 5) is 6.76. The van der Waals surface area contributed by atoms with Crippen LogP contribution < -0.4 is 5.32 Å². The van der Waals surface area contributed by atoms with Gasteiger partial charge in [0, 0.05) is 31.0 Å². The van der Waals surface area contributed by atoms with Crippen molar-refractivity contribution in [3.63, 3.8) is 0 Å². The molecular formula is C15H23N3. The second kappa shape index (κ2) is 5.37. The van der Waals surface area contributed by atoms with E-state index in [1.54, 1.807) is 0 Å². The molecule has 2 aliphatic heterocycles. The van der Waals surface area contributed by atoms with E-state index in [0.29, 0.717) is 0 Å². The highest BCUT2D eigenvalue weighted by molar-refractivity contribution is 5.07. The van der Waals surface area contributed by atoms with Crippen molar-refractivity contribution in [3.05, 3.63) is 30.1 Å². The van der Waals surface area contributed by atoms with Crippen molar-refractivity contribution in [2.45, 2.75) is 44.3 Å². The van der Waals surface area contributed by atoms with Crippen LogP contribution >= 0.6 is 0 Å². The molecule has 1 aromatic heterocycles. The Kier molecular flexibility index (Phi) is 3.62. The monoisotopic (exact) mass is 245 g/mol. The summed E-state index contributed by atoms with van der Waals surface area (Å²) >= 11 is 0. The van der Waals surface area contributed by atoms with Gasteiger partial charge in [-0.05, 0) is 56.8 Å². The Hall–Kier alpha value is -0.930. The summed E-state index contributed by atoms with van der Waals surface area (Å²) < 4.78 is 0. The van der Waals surface area contributed by atoms with Gasteiger partial charge in [0.1, 0.15) is 0 Å². The third-order valence-corrected chi connectivity index (χ3v) is 4.68. The molecule has 98 valence electrons. The summed E-state index contributed by atoms with van der Waals surface area (Å²) in [6.45, 7) is 2.12. The van der Waals surface area contributed by atoms with Gasteiger partial charge in [-0.15, -0.1) is 0 Å². The largest absolute Gasteiger partial charge is 0.312 e. The lowest BCUT2D eigenvalue weighted by molar-refractivity contribution is 0.133. The predicted molar refractivity (Wildman–Crippen MR) is 73.2 cm³/mol. The molecule has 2 aliphatic rings. The fraction of sp³-hybridized carbons (Fsp3) is 0.667. The summed E-state index contributed by atoms with van der Waals surface area (Å²) in [5.74, 6) is 0.871. The fourth-order valence-corrected chi connectivity index (χ4v) is 3.61. The molecule has 18 heavy (non-hydrogen) atoms. The zero-order valence-corrected chi connectivity index (χ0v) is 11.2. The van der Waals surface area contributed by atoms with Crippen molar-refractivity contribution in [1.29, 1.82) is 0 Å². The summed E-state index contributed by atoms with van der Waals surface area (Å²) in [6.07, 6.45) is 9.38. The minimum Gasteiger partial charge on any atom is -0.312 e. The molecule has 0 aromatic carbocycles. The van der Waals surface area contributed by atoms with Gasteiger partial charge >= 0.3 is 0 Å². The number of nitrogens with one attached hydrogen (secondary N) is 1. The van der Waals surface area contributed by atoms with E-state index in [-0.39, 0.29) is 0 Å². The second-order valence-electron chi connectivity index (χ2n) is 5.88. The first-order valence-corrected chi connectivity index (χ1v) is 7.14. The Morgan fingerprint density at radius 3 is 2.78 bits per heavy atom. The number of pyridine rings is 1. The topological polar surface area (TPSA) is 28.2 Å². The molecule has 2 unspecified atom stereocenters. The summed E-state index contributed by atoms with van der Waals surface area (Å²) in [5, 5.41) is 3.60. The van der Waals surface area contributed by atoms with Crippen LogP contribution in [0.4, 0.5) is 0 Å². The highest BCUT2D eigenvalue weighted by atomic mass is 15.2. The Balaban J connectivity index is 1.45. The van der Waals surface area contributed by atoms with Crippen molar-refractivity contribution in [2.75, 3.05) is 13.6 Å². The number of hydrogen-bond donors (Lipinski definition) is 1. The molecule has 2 bridgehead atoms. The quantitative estimate of drug-likeness (QED) is 0.880. The lowest BCUT2D eigenvalue weighted by Crippen LogP contribution is -2.42. The van der Waals surface area contributed by atoms with Crippen LogP contribution in [-0.4, -0.2) is 35.6 Å². The summed E-state index contributed by atoms with van der Waals surface area (Å²) in [5.41, 5.74) is 1.29. The number of rotatable bonds is 4. The standard InChI is InChI=1S/C15H23N3/c1-18-14-4-5-15(18)8-13(7-14)11-17-10-12-3-2-6-16-9-12/h2-3,6,9,13-15,17H,4-5,7-8,10-11H2,1H3. The highest BCUT2D eigenvalue weighted by Gasteiger charge is 2.37. The van der Waals surface area contributed by atoms with Crippen molar-refractivity contribution in [3.8, 4) is 0 Å².